The molecule has 1 aliphatic heterocycles. The Labute approximate surface area is 76.1 Å². The number of hydrogen-bond acceptors (Lipinski definition) is 2. The van der Waals surface area contributed by atoms with Gasteiger partial charge in [-0.05, 0) is 24.1 Å². The minimum Gasteiger partial charge on any atom is -0.377 e. The monoisotopic (exact) mass is 177 g/mol. The minimum absolute atomic E-state index is 0.0179. The van der Waals surface area contributed by atoms with E-state index in [-0.39, 0.29) is 5.56 Å². The number of rotatable bonds is 1. The highest BCUT2D eigenvalue weighted by Gasteiger charge is 2.08. The van der Waals surface area contributed by atoms with E-state index in [2.05, 4.69) is 4.98 Å². The second-order valence-electron chi connectivity index (χ2n) is 2.97. The summed E-state index contributed by atoms with van der Waals surface area (Å²) in [5, 5.41) is 0. The standard InChI is InChI=1S/C10H11NO2/c12-10-9(2-1-5-11-10)8-3-6-13-7-4-8/h1-3,5H,4,6-7H2,(H,11,12). The fraction of sp³-hybridized carbons (Fsp3) is 0.300. The van der Waals surface area contributed by atoms with Gasteiger partial charge in [0.15, 0.2) is 0 Å². The van der Waals surface area contributed by atoms with Gasteiger partial charge in [0.2, 0.25) is 0 Å². The van der Waals surface area contributed by atoms with E-state index in [1.807, 2.05) is 18.2 Å². The second-order valence-corrected chi connectivity index (χ2v) is 2.97. The Hall–Kier alpha value is -1.35. The molecule has 0 radical (unpaired) electrons. The quantitative estimate of drug-likeness (QED) is 0.699. The molecule has 1 aromatic rings. The summed E-state index contributed by atoms with van der Waals surface area (Å²) in [6.45, 7) is 1.32. The number of aromatic nitrogens is 1. The number of pyridine rings is 1. The SMILES string of the molecule is O=c1[nH]cccc1C1=CCOCC1. The average Bonchev–Trinajstić information content (AvgIpc) is 2.20. The molecule has 0 aliphatic carbocycles. The van der Waals surface area contributed by atoms with Crippen LogP contribution in [0.3, 0.4) is 0 Å². The molecule has 0 aromatic carbocycles. The van der Waals surface area contributed by atoms with E-state index in [4.69, 9.17) is 4.74 Å². The van der Waals surface area contributed by atoms with E-state index < -0.39 is 0 Å². The summed E-state index contributed by atoms with van der Waals surface area (Å²) >= 11 is 0. The fourth-order valence-corrected chi connectivity index (χ4v) is 1.45. The predicted octanol–water partition coefficient (Wildman–Crippen LogP) is 1.18. The van der Waals surface area contributed by atoms with Crippen LogP contribution >= 0.6 is 0 Å². The Kier molecular flexibility index (Phi) is 2.27. The normalized spacial score (nSPS) is 16.8. The van der Waals surface area contributed by atoms with Gasteiger partial charge in [-0.2, -0.15) is 0 Å². The summed E-state index contributed by atoms with van der Waals surface area (Å²) < 4.78 is 5.17. The van der Waals surface area contributed by atoms with Gasteiger partial charge in [0.05, 0.1) is 13.2 Å². The molecule has 0 saturated heterocycles. The van der Waals surface area contributed by atoms with Crippen molar-refractivity contribution in [2.24, 2.45) is 0 Å². The molecule has 0 amide bonds. The van der Waals surface area contributed by atoms with Crippen LogP contribution in [0.25, 0.3) is 5.57 Å². The van der Waals surface area contributed by atoms with Gasteiger partial charge in [-0.3, -0.25) is 4.79 Å². The maximum Gasteiger partial charge on any atom is 0.255 e. The molecular weight excluding hydrogens is 166 g/mol. The molecule has 2 heterocycles. The lowest BCUT2D eigenvalue weighted by molar-refractivity contribution is 0.161. The summed E-state index contributed by atoms with van der Waals surface area (Å²) in [6, 6.07) is 3.68. The van der Waals surface area contributed by atoms with Crippen molar-refractivity contribution in [2.45, 2.75) is 6.42 Å². The molecular formula is C10H11NO2. The van der Waals surface area contributed by atoms with E-state index in [1.165, 1.54) is 0 Å². The van der Waals surface area contributed by atoms with Crippen molar-refractivity contribution in [3.63, 3.8) is 0 Å². The smallest absolute Gasteiger partial charge is 0.255 e. The zero-order valence-electron chi connectivity index (χ0n) is 7.25. The van der Waals surface area contributed by atoms with Gasteiger partial charge in [0, 0.05) is 11.8 Å². The van der Waals surface area contributed by atoms with Crippen LogP contribution in [0.1, 0.15) is 12.0 Å². The first-order chi connectivity index (χ1) is 6.38. The van der Waals surface area contributed by atoms with Crippen LogP contribution in [0.4, 0.5) is 0 Å². The lowest BCUT2D eigenvalue weighted by Crippen LogP contribution is -2.13. The van der Waals surface area contributed by atoms with Crippen molar-refractivity contribution < 1.29 is 4.74 Å². The lowest BCUT2D eigenvalue weighted by atomic mass is 10.0. The van der Waals surface area contributed by atoms with Gasteiger partial charge in [0.25, 0.3) is 5.56 Å². The molecule has 0 saturated carbocycles. The van der Waals surface area contributed by atoms with Crippen LogP contribution in [0.15, 0.2) is 29.2 Å². The number of H-pyrrole nitrogens is 1. The van der Waals surface area contributed by atoms with Crippen LogP contribution in [-0.4, -0.2) is 18.2 Å². The Morgan fingerprint density at radius 2 is 2.38 bits per heavy atom. The van der Waals surface area contributed by atoms with Crippen LogP contribution in [0.5, 0.6) is 0 Å². The van der Waals surface area contributed by atoms with Gasteiger partial charge >= 0.3 is 0 Å². The van der Waals surface area contributed by atoms with Crippen molar-refractivity contribution >= 4 is 5.57 Å². The molecule has 13 heavy (non-hydrogen) atoms. The largest absolute Gasteiger partial charge is 0.377 e. The highest BCUT2D eigenvalue weighted by Crippen LogP contribution is 2.16. The summed E-state index contributed by atoms with van der Waals surface area (Å²) in [5.41, 5.74) is 1.84. The first kappa shape index (κ1) is 8.26. The zero-order chi connectivity index (χ0) is 9.10. The molecule has 0 bridgehead atoms. The maximum absolute atomic E-state index is 11.4. The van der Waals surface area contributed by atoms with Gasteiger partial charge in [-0.25, -0.2) is 0 Å². The molecule has 0 spiro atoms. The molecule has 68 valence electrons. The molecule has 3 heteroatoms. The molecule has 1 N–H and O–H groups in total. The summed E-state index contributed by atoms with van der Waals surface area (Å²) in [7, 11) is 0. The molecule has 0 unspecified atom stereocenters. The van der Waals surface area contributed by atoms with Crippen molar-refractivity contribution in [2.75, 3.05) is 13.2 Å². The molecule has 1 aromatic heterocycles. The van der Waals surface area contributed by atoms with Gasteiger partial charge in [-0.15, -0.1) is 0 Å². The summed E-state index contributed by atoms with van der Waals surface area (Å²) in [5.74, 6) is 0. The van der Waals surface area contributed by atoms with E-state index >= 15 is 0 Å². The average molecular weight is 177 g/mol. The molecule has 1 aliphatic rings. The Morgan fingerprint density at radius 1 is 1.46 bits per heavy atom. The molecule has 3 nitrogen and oxygen atoms in total. The number of ether oxygens (including phenoxy) is 1. The maximum atomic E-state index is 11.4. The van der Waals surface area contributed by atoms with Crippen LogP contribution < -0.4 is 5.56 Å². The zero-order valence-corrected chi connectivity index (χ0v) is 7.25. The van der Waals surface area contributed by atoms with E-state index in [9.17, 15) is 4.79 Å². The molecule has 2 rings (SSSR count). The van der Waals surface area contributed by atoms with E-state index in [0.29, 0.717) is 13.2 Å². The Balaban J connectivity index is 2.40. The van der Waals surface area contributed by atoms with Gasteiger partial charge < -0.3 is 9.72 Å². The first-order valence-electron chi connectivity index (χ1n) is 4.33. The third-order valence-electron chi connectivity index (χ3n) is 2.13. The summed E-state index contributed by atoms with van der Waals surface area (Å²) in [4.78, 5) is 14.0. The van der Waals surface area contributed by atoms with Crippen LogP contribution in [0, 0.1) is 0 Å². The molecule has 0 atom stereocenters. The van der Waals surface area contributed by atoms with Crippen LogP contribution in [-0.2, 0) is 4.74 Å². The van der Waals surface area contributed by atoms with Crippen molar-refractivity contribution in [1.29, 1.82) is 0 Å². The topological polar surface area (TPSA) is 42.1 Å². The number of aromatic amines is 1. The van der Waals surface area contributed by atoms with Gasteiger partial charge in [0.1, 0.15) is 0 Å². The predicted molar refractivity (Wildman–Crippen MR) is 50.5 cm³/mol. The number of nitrogens with one attached hydrogen (secondary N) is 1. The third kappa shape index (κ3) is 1.70. The minimum atomic E-state index is -0.0179. The van der Waals surface area contributed by atoms with Crippen LogP contribution in [0.2, 0.25) is 0 Å². The fourth-order valence-electron chi connectivity index (χ4n) is 1.45. The highest BCUT2D eigenvalue weighted by molar-refractivity contribution is 5.65. The van der Waals surface area contributed by atoms with Gasteiger partial charge in [-0.1, -0.05) is 6.08 Å². The van der Waals surface area contributed by atoms with Crippen molar-refractivity contribution in [1.82, 2.24) is 4.98 Å². The third-order valence-corrected chi connectivity index (χ3v) is 2.13. The molecule has 0 fully saturated rings. The first-order valence-corrected chi connectivity index (χ1v) is 4.33. The summed E-state index contributed by atoms with van der Waals surface area (Å²) in [6.07, 6.45) is 4.44. The van der Waals surface area contributed by atoms with E-state index in [1.54, 1.807) is 6.20 Å². The number of hydrogen-bond donors (Lipinski definition) is 1. The Bertz CT molecular complexity index is 379. The second kappa shape index (κ2) is 3.58. The van der Waals surface area contributed by atoms with E-state index in [0.717, 1.165) is 17.6 Å². The Morgan fingerprint density at radius 3 is 3.08 bits per heavy atom. The van der Waals surface area contributed by atoms with Crippen molar-refractivity contribution in [3.05, 3.63) is 40.3 Å². The highest BCUT2D eigenvalue weighted by atomic mass is 16.5. The van der Waals surface area contributed by atoms with Crippen molar-refractivity contribution in [3.8, 4) is 0 Å². The lowest BCUT2D eigenvalue weighted by Gasteiger charge is -2.12.